The zero-order valence-electron chi connectivity index (χ0n) is 14.4. The summed E-state index contributed by atoms with van der Waals surface area (Å²) in [5.74, 6) is 0.0257. The molecule has 1 amide bonds. The summed E-state index contributed by atoms with van der Waals surface area (Å²) in [7, 11) is 0. The summed E-state index contributed by atoms with van der Waals surface area (Å²) in [4.78, 5) is 32.8. The molecule has 0 aliphatic carbocycles. The first-order valence-electron chi connectivity index (χ1n) is 8.23. The van der Waals surface area contributed by atoms with E-state index in [1.54, 1.807) is 18.2 Å². The van der Waals surface area contributed by atoms with Crippen LogP contribution in [-0.4, -0.2) is 15.9 Å². The largest absolute Gasteiger partial charge is 0.463 e. The summed E-state index contributed by atoms with van der Waals surface area (Å²) >= 11 is 1.37. The monoisotopic (exact) mass is 377 g/mol. The van der Waals surface area contributed by atoms with E-state index >= 15 is 0 Å². The molecule has 27 heavy (non-hydrogen) atoms. The molecule has 0 saturated heterocycles. The van der Waals surface area contributed by atoms with Gasteiger partial charge in [0.1, 0.15) is 11.3 Å². The molecule has 134 valence electrons. The van der Waals surface area contributed by atoms with Crippen LogP contribution in [0.2, 0.25) is 0 Å². The summed E-state index contributed by atoms with van der Waals surface area (Å²) in [5, 5.41) is 3.16. The lowest BCUT2D eigenvalue weighted by molar-refractivity contribution is 0.102. The Hall–Kier alpha value is -3.45. The maximum absolute atomic E-state index is 12.5. The van der Waals surface area contributed by atoms with Crippen LogP contribution in [0.1, 0.15) is 16.1 Å². The highest BCUT2D eigenvalue weighted by Crippen LogP contribution is 2.32. The summed E-state index contributed by atoms with van der Waals surface area (Å²) < 4.78 is 5.25. The lowest BCUT2D eigenvalue weighted by Crippen LogP contribution is -2.23. The van der Waals surface area contributed by atoms with E-state index in [1.807, 2.05) is 37.3 Å². The number of H-pyrrole nitrogens is 1. The molecule has 2 N–H and O–H groups in total. The Labute approximate surface area is 158 Å². The number of anilines is 1. The first-order valence-corrected chi connectivity index (χ1v) is 9.05. The van der Waals surface area contributed by atoms with Crippen LogP contribution in [-0.2, 0) is 0 Å². The van der Waals surface area contributed by atoms with Gasteiger partial charge in [-0.05, 0) is 36.8 Å². The number of hydrogen-bond donors (Lipinski definition) is 2. The third-order valence-electron chi connectivity index (χ3n) is 3.99. The van der Waals surface area contributed by atoms with E-state index < -0.39 is 11.5 Å². The van der Waals surface area contributed by atoms with E-state index in [9.17, 15) is 9.59 Å². The van der Waals surface area contributed by atoms with Crippen molar-refractivity contribution in [1.82, 2.24) is 9.97 Å². The van der Waals surface area contributed by atoms with Crippen LogP contribution < -0.4 is 10.9 Å². The molecule has 4 rings (SSSR count). The molecule has 0 radical (unpaired) electrons. The van der Waals surface area contributed by atoms with Gasteiger partial charge in [0, 0.05) is 0 Å². The number of aromatic nitrogens is 2. The molecule has 0 bridgehead atoms. The van der Waals surface area contributed by atoms with Crippen molar-refractivity contribution in [3.63, 3.8) is 0 Å². The Morgan fingerprint density at radius 3 is 2.63 bits per heavy atom. The summed E-state index contributed by atoms with van der Waals surface area (Å²) in [6.07, 6.45) is 1.52. The van der Waals surface area contributed by atoms with Gasteiger partial charge in [0.25, 0.3) is 11.5 Å². The fourth-order valence-electron chi connectivity index (χ4n) is 2.70. The quantitative estimate of drug-likeness (QED) is 0.554. The van der Waals surface area contributed by atoms with E-state index in [0.29, 0.717) is 16.6 Å². The second-order valence-electron chi connectivity index (χ2n) is 5.85. The number of carbonyl (C=O) groups excluding carboxylic acids is 1. The first kappa shape index (κ1) is 17.0. The number of nitrogens with one attached hydrogen (secondary N) is 2. The van der Waals surface area contributed by atoms with Crippen molar-refractivity contribution >= 4 is 22.4 Å². The first-order chi connectivity index (χ1) is 13.1. The number of aryl methyl sites for hydroxylation is 1. The average Bonchev–Trinajstić information content (AvgIpc) is 3.32. The lowest BCUT2D eigenvalue weighted by atomic mass is 10.2. The van der Waals surface area contributed by atoms with Crippen molar-refractivity contribution in [2.24, 2.45) is 0 Å². The van der Waals surface area contributed by atoms with Gasteiger partial charge in [-0.2, -0.15) is 0 Å². The molecular formula is C20H15N3O3S. The van der Waals surface area contributed by atoms with Gasteiger partial charge in [0.05, 0.1) is 22.5 Å². The second-order valence-corrected chi connectivity index (χ2v) is 6.84. The molecule has 0 aliphatic rings. The molecule has 0 spiro atoms. The van der Waals surface area contributed by atoms with Crippen LogP contribution in [0.4, 0.5) is 5.13 Å². The molecule has 0 unspecified atom stereocenters. The summed E-state index contributed by atoms with van der Waals surface area (Å²) in [6.45, 7) is 1.89. The predicted molar refractivity (Wildman–Crippen MR) is 105 cm³/mol. The van der Waals surface area contributed by atoms with E-state index in [1.165, 1.54) is 23.7 Å². The molecule has 3 aromatic heterocycles. The predicted octanol–water partition coefficient (Wildman–Crippen LogP) is 4.32. The molecule has 6 nitrogen and oxygen atoms in total. The highest BCUT2D eigenvalue weighted by atomic mass is 32.1. The van der Waals surface area contributed by atoms with E-state index in [0.717, 1.165) is 16.1 Å². The van der Waals surface area contributed by atoms with Gasteiger partial charge >= 0.3 is 0 Å². The maximum atomic E-state index is 12.5. The van der Waals surface area contributed by atoms with Crippen LogP contribution in [0.25, 0.3) is 21.9 Å². The lowest BCUT2D eigenvalue weighted by Gasteiger charge is -2.02. The normalized spacial score (nSPS) is 10.7. The highest BCUT2D eigenvalue weighted by Gasteiger charge is 2.16. The number of nitrogens with zero attached hydrogens (tertiary/aromatic N) is 1. The number of pyridine rings is 1. The molecule has 4 aromatic rings. The van der Waals surface area contributed by atoms with Crippen molar-refractivity contribution in [1.29, 1.82) is 0 Å². The van der Waals surface area contributed by atoms with E-state index in [2.05, 4.69) is 15.3 Å². The number of amides is 1. The number of aromatic amines is 1. The van der Waals surface area contributed by atoms with Crippen LogP contribution in [0.5, 0.6) is 0 Å². The van der Waals surface area contributed by atoms with Crippen molar-refractivity contribution < 1.29 is 9.21 Å². The Kier molecular flexibility index (Phi) is 4.43. The molecule has 1 aromatic carbocycles. The van der Waals surface area contributed by atoms with Crippen molar-refractivity contribution in [3.05, 3.63) is 82.5 Å². The van der Waals surface area contributed by atoms with Gasteiger partial charge in [0.15, 0.2) is 5.13 Å². The molecule has 0 saturated carbocycles. The van der Waals surface area contributed by atoms with Gasteiger partial charge in [-0.15, -0.1) is 0 Å². The summed E-state index contributed by atoms with van der Waals surface area (Å²) in [6, 6.07) is 16.4. The number of carbonyl (C=O) groups is 1. The minimum absolute atomic E-state index is 0.0134. The van der Waals surface area contributed by atoms with Gasteiger partial charge in [-0.25, -0.2) is 4.98 Å². The average molecular weight is 377 g/mol. The minimum Gasteiger partial charge on any atom is -0.463 e. The third kappa shape index (κ3) is 3.45. The highest BCUT2D eigenvalue weighted by molar-refractivity contribution is 7.19. The van der Waals surface area contributed by atoms with E-state index in [4.69, 9.17) is 4.42 Å². The summed E-state index contributed by atoms with van der Waals surface area (Å²) in [5.41, 5.74) is 1.90. The number of thiazole rings is 1. The van der Waals surface area contributed by atoms with Gasteiger partial charge in [0.2, 0.25) is 0 Å². The molecule has 0 atom stereocenters. The number of furan rings is 1. The molecular weight excluding hydrogens is 362 g/mol. The van der Waals surface area contributed by atoms with Crippen LogP contribution >= 0.6 is 11.3 Å². The minimum atomic E-state index is -0.504. The molecule has 7 heteroatoms. The third-order valence-corrected chi connectivity index (χ3v) is 5.12. The van der Waals surface area contributed by atoms with Crippen molar-refractivity contribution in [2.75, 3.05) is 5.32 Å². The molecule has 0 fully saturated rings. The fraction of sp³-hybridized carbons (Fsp3) is 0.0500. The number of rotatable bonds is 4. The van der Waals surface area contributed by atoms with Crippen LogP contribution in [0.3, 0.4) is 0 Å². The topological polar surface area (TPSA) is 88.0 Å². The smallest absolute Gasteiger partial charge is 0.263 e. The van der Waals surface area contributed by atoms with Gasteiger partial charge in [-0.3, -0.25) is 14.9 Å². The van der Waals surface area contributed by atoms with Crippen molar-refractivity contribution in [3.8, 4) is 21.9 Å². The second kappa shape index (κ2) is 7.05. The Morgan fingerprint density at radius 2 is 1.93 bits per heavy atom. The zero-order chi connectivity index (χ0) is 18.8. The SMILES string of the molecule is Cc1nc(NC(=O)c2ccc(-c3ccco3)[nH]c2=O)sc1-c1ccccc1. The van der Waals surface area contributed by atoms with Gasteiger partial charge in [-0.1, -0.05) is 41.7 Å². The maximum Gasteiger partial charge on any atom is 0.263 e. The van der Waals surface area contributed by atoms with Crippen LogP contribution in [0.15, 0.2) is 70.1 Å². The number of benzene rings is 1. The Bertz CT molecular complexity index is 1140. The standard InChI is InChI=1S/C20H15N3O3S/c1-12-17(13-6-3-2-4-7-13)27-20(21-12)23-19(25)14-9-10-15(22-18(14)24)16-8-5-11-26-16/h2-11H,1H3,(H,22,24)(H,21,23,25). The van der Waals surface area contributed by atoms with Crippen LogP contribution in [0, 0.1) is 6.92 Å². The zero-order valence-corrected chi connectivity index (χ0v) is 15.2. The Morgan fingerprint density at radius 1 is 1.11 bits per heavy atom. The molecule has 0 aliphatic heterocycles. The van der Waals surface area contributed by atoms with Gasteiger partial charge < -0.3 is 9.40 Å². The van der Waals surface area contributed by atoms with E-state index in [-0.39, 0.29) is 5.56 Å². The number of hydrogen-bond acceptors (Lipinski definition) is 5. The Balaban J connectivity index is 1.57. The fourth-order valence-corrected chi connectivity index (χ4v) is 3.67. The molecule has 3 heterocycles. The van der Waals surface area contributed by atoms with Crippen molar-refractivity contribution in [2.45, 2.75) is 6.92 Å².